The molecule has 1 saturated carbocycles. The number of nitrogens with zero attached hydrogens (tertiary/aromatic N) is 4. The van der Waals surface area contributed by atoms with Crippen LogP contribution in [0.15, 0.2) is 18.6 Å². The number of aromatic amines is 1. The van der Waals surface area contributed by atoms with Crippen LogP contribution in [0.2, 0.25) is 0 Å². The summed E-state index contributed by atoms with van der Waals surface area (Å²) in [7, 11) is 0.406. The lowest BCUT2D eigenvalue weighted by atomic mass is 9.86. The maximum Gasteiger partial charge on any atom is 0.222 e. The molecule has 10 heteroatoms. The standard InChI is InChI=1S/C21H32N6O3S/c1-22-21(28)16-8-11-27(12-9-16)31(29,30)13-15-3-5-17(6-4-15)26(2)20-18-7-10-23-19(18)24-14-25-20/h7,10,14-17H,3-6,8-9,11-13H2,1-2H3,(H,22,28)(H,23,24,25). The molecule has 2 aliphatic rings. The molecule has 0 bridgehead atoms. The summed E-state index contributed by atoms with van der Waals surface area (Å²) >= 11 is 0. The van der Waals surface area contributed by atoms with E-state index in [1.54, 1.807) is 17.7 Å². The number of rotatable bonds is 6. The minimum Gasteiger partial charge on any atom is -0.359 e. The normalized spacial score (nSPS) is 23.7. The summed E-state index contributed by atoms with van der Waals surface area (Å²) in [4.78, 5) is 25.9. The Bertz CT molecular complexity index is 1010. The Hall–Kier alpha value is -2.20. The lowest BCUT2D eigenvalue weighted by molar-refractivity contribution is -0.125. The minimum absolute atomic E-state index is 0.0140. The van der Waals surface area contributed by atoms with Gasteiger partial charge in [0.15, 0.2) is 0 Å². The van der Waals surface area contributed by atoms with Crippen LogP contribution in [-0.4, -0.2) is 72.6 Å². The molecule has 1 saturated heterocycles. The second kappa shape index (κ2) is 9.12. The van der Waals surface area contributed by atoms with Crippen LogP contribution in [-0.2, 0) is 14.8 Å². The third kappa shape index (κ3) is 4.69. The van der Waals surface area contributed by atoms with Crippen molar-refractivity contribution in [2.45, 2.75) is 44.6 Å². The smallest absolute Gasteiger partial charge is 0.222 e. The molecule has 2 fully saturated rings. The van der Waals surface area contributed by atoms with E-state index in [4.69, 9.17) is 0 Å². The third-order valence-corrected chi connectivity index (χ3v) is 8.99. The molecule has 2 aromatic heterocycles. The topological polar surface area (TPSA) is 111 Å². The number of piperidine rings is 1. The van der Waals surface area contributed by atoms with E-state index >= 15 is 0 Å². The molecule has 0 atom stereocenters. The number of carbonyl (C=O) groups excluding carboxylic acids is 1. The summed E-state index contributed by atoms with van der Waals surface area (Å²) in [5.41, 5.74) is 0.830. The highest BCUT2D eigenvalue weighted by Crippen LogP contribution is 2.33. The predicted molar refractivity (Wildman–Crippen MR) is 120 cm³/mol. The Balaban J connectivity index is 1.31. The van der Waals surface area contributed by atoms with E-state index < -0.39 is 10.0 Å². The van der Waals surface area contributed by atoms with Gasteiger partial charge in [0.2, 0.25) is 15.9 Å². The zero-order valence-electron chi connectivity index (χ0n) is 18.2. The summed E-state index contributed by atoms with van der Waals surface area (Å²) in [6.07, 6.45) is 8.34. The van der Waals surface area contributed by atoms with Gasteiger partial charge < -0.3 is 15.2 Å². The van der Waals surface area contributed by atoms with Gasteiger partial charge in [-0.15, -0.1) is 0 Å². The Labute approximate surface area is 183 Å². The van der Waals surface area contributed by atoms with Crippen LogP contribution < -0.4 is 10.2 Å². The zero-order valence-corrected chi connectivity index (χ0v) is 19.1. The molecule has 0 unspecified atom stereocenters. The molecule has 3 heterocycles. The first-order valence-electron chi connectivity index (χ1n) is 11.1. The van der Waals surface area contributed by atoms with E-state index in [2.05, 4.69) is 32.2 Å². The fraction of sp³-hybridized carbons (Fsp3) is 0.667. The molecular weight excluding hydrogens is 416 g/mol. The van der Waals surface area contributed by atoms with Crippen molar-refractivity contribution in [1.29, 1.82) is 0 Å². The van der Waals surface area contributed by atoms with Crippen LogP contribution in [0.1, 0.15) is 38.5 Å². The lowest BCUT2D eigenvalue weighted by Gasteiger charge is -2.36. The minimum atomic E-state index is -3.29. The van der Waals surface area contributed by atoms with Crippen molar-refractivity contribution in [3.05, 3.63) is 18.6 Å². The number of H-pyrrole nitrogens is 1. The van der Waals surface area contributed by atoms with Gasteiger partial charge in [0, 0.05) is 45.3 Å². The second-order valence-electron chi connectivity index (χ2n) is 8.79. The molecular formula is C21H32N6O3S. The van der Waals surface area contributed by atoms with Gasteiger partial charge in [-0.05, 0) is 50.5 Å². The monoisotopic (exact) mass is 448 g/mol. The van der Waals surface area contributed by atoms with Crippen molar-refractivity contribution in [3.8, 4) is 0 Å². The molecule has 9 nitrogen and oxygen atoms in total. The van der Waals surface area contributed by atoms with Crippen LogP contribution >= 0.6 is 0 Å². The summed E-state index contributed by atoms with van der Waals surface area (Å²) in [5.74, 6) is 1.25. The highest BCUT2D eigenvalue weighted by molar-refractivity contribution is 7.89. The second-order valence-corrected chi connectivity index (χ2v) is 10.8. The quantitative estimate of drug-likeness (QED) is 0.696. The van der Waals surface area contributed by atoms with Gasteiger partial charge in [-0.25, -0.2) is 22.7 Å². The molecule has 2 aromatic rings. The van der Waals surface area contributed by atoms with E-state index in [-0.39, 0.29) is 23.5 Å². The number of nitrogens with one attached hydrogen (secondary N) is 2. The van der Waals surface area contributed by atoms with E-state index in [0.29, 0.717) is 32.0 Å². The molecule has 4 rings (SSSR count). The number of anilines is 1. The van der Waals surface area contributed by atoms with Gasteiger partial charge in [0.05, 0.1) is 11.1 Å². The first kappa shape index (κ1) is 22.0. The number of fused-ring (bicyclic) bond motifs is 1. The van der Waals surface area contributed by atoms with Crippen LogP contribution in [0.4, 0.5) is 5.82 Å². The molecule has 2 N–H and O–H groups in total. The Morgan fingerprint density at radius 1 is 1.19 bits per heavy atom. The van der Waals surface area contributed by atoms with E-state index in [9.17, 15) is 13.2 Å². The fourth-order valence-electron chi connectivity index (χ4n) is 5.02. The van der Waals surface area contributed by atoms with E-state index in [1.807, 2.05) is 12.3 Å². The number of aromatic nitrogens is 3. The first-order chi connectivity index (χ1) is 14.9. The Morgan fingerprint density at radius 2 is 1.90 bits per heavy atom. The molecule has 170 valence electrons. The average Bonchev–Trinajstić information content (AvgIpc) is 3.27. The van der Waals surface area contributed by atoms with Gasteiger partial charge in [0.25, 0.3) is 0 Å². The van der Waals surface area contributed by atoms with E-state index in [1.165, 1.54) is 0 Å². The number of hydrogen-bond donors (Lipinski definition) is 2. The molecule has 1 amide bonds. The average molecular weight is 449 g/mol. The SMILES string of the molecule is CNC(=O)C1CCN(S(=O)(=O)CC2CCC(N(C)c3ncnc4[nH]ccc34)CC2)CC1. The third-order valence-electron chi connectivity index (χ3n) is 6.94. The zero-order chi connectivity index (χ0) is 22.0. The Kier molecular flexibility index (Phi) is 6.47. The van der Waals surface area contributed by atoms with Crippen molar-refractivity contribution in [2.75, 3.05) is 37.8 Å². The van der Waals surface area contributed by atoms with Gasteiger partial charge in [0.1, 0.15) is 17.8 Å². The van der Waals surface area contributed by atoms with Crippen LogP contribution in [0.25, 0.3) is 11.0 Å². The highest BCUT2D eigenvalue weighted by atomic mass is 32.2. The number of carbonyl (C=O) groups is 1. The lowest BCUT2D eigenvalue weighted by Crippen LogP contribution is -2.44. The van der Waals surface area contributed by atoms with Gasteiger partial charge in [-0.3, -0.25) is 4.79 Å². The Morgan fingerprint density at radius 3 is 2.58 bits per heavy atom. The summed E-state index contributed by atoms with van der Waals surface area (Å²) < 4.78 is 27.5. The van der Waals surface area contributed by atoms with Crippen LogP contribution in [0, 0.1) is 11.8 Å². The molecule has 0 spiro atoms. The fourth-order valence-corrected chi connectivity index (χ4v) is 6.92. The van der Waals surface area contributed by atoms with Crippen molar-refractivity contribution >= 4 is 32.8 Å². The maximum atomic E-state index is 12.9. The summed E-state index contributed by atoms with van der Waals surface area (Å²) in [5, 5.41) is 3.68. The number of sulfonamides is 1. The van der Waals surface area contributed by atoms with Gasteiger partial charge in [-0.1, -0.05) is 0 Å². The van der Waals surface area contributed by atoms with Crippen LogP contribution in [0.5, 0.6) is 0 Å². The van der Waals surface area contributed by atoms with Crippen LogP contribution in [0.3, 0.4) is 0 Å². The van der Waals surface area contributed by atoms with Crippen molar-refractivity contribution in [2.24, 2.45) is 11.8 Å². The summed E-state index contributed by atoms with van der Waals surface area (Å²) in [6, 6.07) is 2.34. The molecule has 0 radical (unpaired) electrons. The summed E-state index contributed by atoms with van der Waals surface area (Å²) in [6.45, 7) is 0.887. The predicted octanol–water partition coefficient (Wildman–Crippen LogP) is 1.74. The van der Waals surface area contributed by atoms with E-state index in [0.717, 1.165) is 42.5 Å². The number of amides is 1. The molecule has 0 aromatic carbocycles. The first-order valence-corrected chi connectivity index (χ1v) is 12.7. The van der Waals surface area contributed by atoms with Crippen molar-refractivity contribution < 1.29 is 13.2 Å². The molecule has 1 aliphatic carbocycles. The van der Waals surface area contributed by atoms with Gasteiger partial charge in [-0.2, -0.15) is 0 Å². The van der Waals surface area contributed by atoms with Crippen molar-refractivity contribution in [3.63, 3.8) is 0 Å². The maximum absolute atomic E-state index is 12.9. The molecule has 1 aliphatic heterocycles. The number of hydrogen-bond acceptors (Lipinski definition) is 6. The highest BCUT2D eigenvalue weighted by Gasteiger charge is 2.34. The largest absolute Gasteiger partial charge is 0.359 e. The van der Waals surface area contributed by atoms with Gasteiger partial charge >= 0.3 is 0 Å². The van der Waals surface area contributed by atoms with Crippen molar-refractivity contribution in [1.82, 2.24) is 24.6 Å². The molecule has 31 heavy (non-hydrogen) atoms.